The van der Waals surface area contributed by atoms with Gasteiger partial charge in [0.25, 0.3) is 0 Å². The Hall–Kier alpha value is -2.57. The van der Waals surface area contributed by atoms with Crippen molar-refractivity contribution < 1.29 is 19.1 Å². The van der Waals surface area contributed by atoms with Crippen LogP contribution in [-0.2, 0) is 14.3 Å². The molecule has 7 heteroatoms. The van der Waals surface area contributed by atoms with Gasteiger partial charge in [-0.1, -0.05) is 32.0 Å². The monoisotopic (exact) mass is 459 g/mol. The van der Waals surface area contributed by atoms with Crippen LogP contribution >= 0.6 is 0 Å². The van der Waals surface area contributed by atoms with E-state index in [1.165, 1.54) is 0 Å². The van der Waals surface area contributed by atoms with Crippen molar-refractivity contribution in [2.75, 3.05) is 0 Å². The summed E-state index contributed by atoms with van der Waals surface area (Å²) in [6, 6.07) is 4.20. The second-order valence-electron chi connectivity index (χ2n) is 10.7. The van der Waals surface area contributed by atoms with Crippen LogP contribution in [0.2, 0.25) is 0 Å². The van der Waals surface area contributed by atoms with Gasteiger partial charge in [-0.15, -0.1) is 0 Å². The van der Waals surface area contributed by atoms with Crippen LogP contribution in [0.1, 0.15) is 84.0 Å². The standard InChI is InChI=1S/C26H41N3O4/c1-15(2)21(28-25(32)33-26(7,8)9)24(31)29(19-13-14-19)22(23(30)27-16(3)4)20-17(5)11-10-12-18(20)6/h10-12,15-16,19,21-22H,13-14H2,1-9H3,(H,27,30)(H,28,32). The molecule has 2 N–H and O–H groups in total. The third-order valence-corrected chi connectivity index (χ3v) is 5.57. The number of amides is 3. The second-order valence-corrected chi connectivity index (χ2v) is 10.7. The first kappa shape index (κ1) is 26.7. The normalized spacial score (nSPS) is 15.7. The molecule has 1 aliphatic rings. The van der Waals surface area contributed by atoms with Crippen LogP contribution in [0.25, 0.3) is 0 Å². The van der Waals surface area contributed by atoms with Crippen LogP contribution in [0, 0.1) is 19.8 Å². The molecule has 0 spiro atoms. The minimum Gasteiger partial charge on any atom is -0.444 e. The van der Waals surface area contributed by atoms with Crippen molar-refractivity contribution in [2.45, 2.75) is 105 Å². The number of carbonyl (C=O) groups is 3. The minimum atomic E-state index is -0.806. The summed E-state index contributed by atoms with van der Waals surface area (Å²) in [5.74, 6) is -0.648. The summed E-state index contributed by atoms with van der Waals surface area (Å²) in [7, 11) is 0. The maximum atomic E-state index is 14.0. The molecule has 1 aromatic rings. The van der Waals surface area contributed by atoms with Gasteiger partial charge in [0.05, 0.1) is 0 Å². The summed E-state index contributed by atoms with van der Waals surface area (Å²) in [5.41, 5.74) is 2.08. The van der Waals surface area contributed by atoms with Crippen LogP contribution in [0.5, 0.6) is 0 Å². The summed E-state index contributed by atoms with van der Waals surface area (Å²) in [6.45, 7) is 16.8. The quantitative estimate of drug-likeness (QED) is 0.603. The Morgan fingerprint density at radius 3 is 1.97 bits per heavy atom. The lowest BCUT2D eigenvalue weighted by Gasteiger charge is -2.37. The van der Waals surface area contributed by atoms with Gasteiger partial charge in [-0.05, 0) is 83.9 Å². The molecule has 0 saturated heterocycles. The smallest absolute Gasteiger partial charge is 0.408 e. The van der Waals surface area contributed by atoms with Crippen LogP contribution in [0.15, 0.2) is 18.2 Å². The molecule has 2 atom stereocenters. The number of carbonyl (C=O) groups excluding carboxylic acids is 3. The number of hydrogen-bond donors (Lipinski definition) is 2. The molecule has 2 rings (SSSR count). The Balaban J connectivity index is 2.50. The molecule has 2 unspecified atom stereocenters. The van der Waals surface area contributed by atoms with E-state index in [4.69, 9.17) is 4.74 Å². The fraction of sp³-hybridized carbons (Fsp3) is 0.654. The van der Waals surface area contributed by atoms with E-state index >= 15 is 0 Å². The molecule has 7 nitrogen and oxygen atoms in total. The molecule has 1 fully saturated rings. The highest BCUT2D eigenvalue weighted by molar-refractivity contribution is 5.93. The lowest BCUT2D eigenvalue weighted by Crippen LogP contribution is -2.56. The van der Waals surface area contributed by atoms with E-state index in [0.29, 0.717) is 0 Å². The number of nitrogens with one attached hydrogen (secondary N) is 2. The minimum absolute atomic E-state index is 0.0406. The van der Waals surface area contributed by atoms with Crippen LogP contribution < -0.4 is 10.6 Å². The fourth-order valence-corrected chi connectivity index (χ4v) is 4.00. The third-order valence-electron chi connectivity index (χ3n) is 5.57. The van der Waals surface area contributed by atoms with Crippen molar-refractivity contribution >= 4 is 17.9 Å². The highest BCUT2D eigenvalue weighted by Crippen LogP contribution is 2.38. The van der Waals surface area contributed by atoms with Gasteiger partial charge in [0.2, 0.25) is 11.8 Å². The molecule has 0 radical (unpaired) electrons. The summed E-state index contributed by atoms with van der Waals surface area (Å²) >= 11 is 0. The Kier molecular flexibility index (Phi) is 8.55. The number of hydrogen-bond acceptors (Lipinski definition) is 4. The van der Waals surface area contributed by atoms with Gasteiger partial charge in [-0.2, -0.15) is 0 Å². The summed E-state index contributed by atoms with van der Waals surface area (Å²) in [6.07, 6.45) is 1.03. The highest BCUT2D eigenvalue weighted by atomic mass is 16.6. The Bertz CT molecular complexity index is 849. The molecule has 0 bridgehead atoms. The predicted molar refractivity (Wildman–Crippen MR) is 130 cm³/mol. The predicted octanol–water partition coefficient (Wildman–Crippen LogP) is 4.41. The summed E-state index contributed by atoms with van der Waals surface area (Å²) in [5, 5.41) is 5.78. The van der Waals surface area contributed by atoms with E-state index < -0.39 is 23.8 Å². The van der Waals surface area contributed by atoms with Gasteiger partial charge >= 0.3 is 6.09 Å². The zero-order chi connectivity index (χ0) is 25.1. The van der Waals surface area contributed by atoms with E-state index in [9.17, 15) is 14.4 Å². The molecule has 0 aliphatic heterocycles. The maximum Gasteiger partial charge on any atom is 0.408 e. The average molecular weight is 460 g/mol. The molecule has 0 aromatic heterocycles. The molecular formula is C26H41N3O4. The highest BCUT2D eigenvalue weighted by Gasteiger charge is 2.45. The van der Waals surface area contributed by atoms with E-state index in [2.05, 4.69) is 10.6 Å². The third kappa shape index (κ3) is 7.21. The molecule has 184 valence electrons. The molecule has 0 heterocycles. The molecule has 1 saturated carbocycles. The SMILES string of the molecule is Cc1cccc(C)c1C(C(=O)NC(C)C)N(C(=O)C(NC(=O)OC(C)(C)C)C(C)C)C1CC1. The number of rotatable bonds is 8. The molecular weight excluding hydrogens is 418 g/mol. The van der Waals surface area contributed by atoms with Crippen LogP contribution in [0.3, 0.4) is 0 Å². The number of alkyl carbamates (subject to hydrolysis) is 1. The lowest BCUT2D eigenvalue weighted by molar-refractivity contribution is -0.144. The van der Waals surface area contributed by atoms with Gasteiger partial charge in [0.1, 0.15) is 17.7 Å². The van der Waals surface area contributed by atoms with Gasteiger partial charge in [-0.25, -0.2) is 4.79 Å². The number of aryl methyl sites for hydroxylation is 2. The van der Waals surface area contributed by atoms with Gasteiger partial charge in [-0.3, -0.25) is 9.59 Å². The van der Waals surface area contributed by atoms with Crippen molar-refractivity contribution in [3.05, 3.63) is 34.9 Å². The first-order valence-electron chi connectivity index (χ1n) is 11.9. The van der Waals surface area contributed by atoms with Crippen LogP contribution in [0.4, 0.5) is 4.79 Å². The van der Waals surface area contributed by atoms with E-state index in [1.54, 1.807) is 25.7 Å². The van der Waals surface area contributed by atoms with Crippen molar-refractivity contribution in [2.24, 2.45) is 5.92 Å². The second kappa shape index (κ2) is 10.6. The van der Waals surface area contributed by atoms with Crippen molar-refractivity contribution in [1.82, 2.24) is 15.5 Å². The molecule has 33 heavy (non-hydrogen) atoms. The van der Waals surface area contributed by atoms with Gasteiger partial charge in [0.15, 0.2) is 0 Å². The molecule has 1 aliphatic carbocycles. The largest absolute Gasteiger partial charge is 0.444 e. The number of ether oxygens (including phenoxy) is 1. The van der Waals surface area contributed by atoms with E-state index in [-0.39, 0.29) is 29.8 Å². The fourth-order valence-electron chi connectivity index (χ4n) is 4.00. The first-order chi connectivity index (χ1) is 15.2. The Morgan fingerprint density at radius 1 is 1.00 bits per heavy atom. The van der Waals surface area contributed by atoms with E-state index in [0.717, 1.165) is 29.5 Å². The first-order valence-corrected chi connectivity index (χ1v) is 11.9. The lowest BCUT2D eigenvalue weighted by atomic mass is 9.92. The zero-order valence-electron chi connectivity index (χ0n) is 21.6. The van der Waals surface area contributed by atoms with Crippen molar-refractivity contribution in [1.29, 1.82) is 0 Å². The maximum absolute atomic E-state index is 14.0. The van der Waals surface area contributed by atoms with Gasteiger partial charge < -0.3 is 20.3 Å². The average Bonchev–Trinajstić information content (AvgIpc) is 3.47. The summed E-state index contributed by atoms with van der Waals surface area (Å²) < 4.78 is 5.41. The van der Waals surface area contributed by atoms with E-state index in [1.807, 2.05) is 59.7 Å². The number of benzene rings is 1. The Labute approximate surface area is 198 Å². The van der Waals surface area contributed by atoms with Crippen molar-refractivity contribution in [3.63, 3.8) is 0 Å². The number of nitrogens with zero attached hydrogens (tertiary/aromatic N) is 1. The Morgan fingerprint density at radius 2 is 1.55 bits per heavy atom. The zero-order valence-corrected chi connectivity index (χ0v) is 21.6. The molecule has 3 amide bonds. The van der Waals surface area contributed by atoms with Crippen LogP contribution in [-0.4, -0.2) is 46.5 Å². The van der Waals surface area contributed by atoms with Gasteiger partial charge in [0, 0.05) is 12.1 Å². The molecule has 1 aromatic carbocycles. The topological polar surface area (TPSA) is 87.7 Å². The van der Waals surface area contributed by atoms with Crippen molar-refractivity contribution in [3.8, 4) is 0 Å². The summed E-state index contributed by atoms with van der Waals surface area (Å²) in [4.78, 5) is 41.7.